The lowest BCUT2D eigenvalue weighted by Gasteiger charge is -2.08. The Balaban J connectivity index is 1.88. The van der Waals surface area contributed by atoms with Gasteiger partial charge in [-0.3, -0.25) is 0 Å². The zero-order chi connectivity index (χ0) is 8.81. The standard InChI is InChI=1S/C11H22S/c1-10(2)9-12-8-7-11-5-3-4-6-11/h10-11H,3-9H2,1-2H3. The average molecular weight is 186 g/mol. The topological polar surface area (TPSA) is 0 Å². The van der Waals surface area contributed by atoms with Crippen LogP contribution in [0.4, 0.5) is 0 Å². The molecule has 0 heterocycles. The Morgan fingerprint density at radius 1 is 1.25 bits per heavy atom. The van der Waals surface area contributed by atoms with Gasteiger partial charge in [0.15, 0.2) is 0 Å². The summed E-state index contributed by atoms with van der Waals surface area (Å²) in [4.78, 5) is 0. The monoisotopic (exact) mass is 186 g/mol. The minimum absolute atomic E-state index is 0.874. The molecule has 0 radical (unpaired) electrons. The molecule has 1 rings (SSSR count). The molecule has 1 saturated carbocycles. The van der Waals surface area contributed by atoms with Crippen LogP contribution in [0.5, 0.6) is 0 Å². The fourth-order valence-corrected chi connectivity index (χ4v) is 3.01. The van der Waals surface area contributed by atoms with Crippen LogP contribution in [-0.2, 0) is 0 Å². The summed E-state index contributed by atoms with van der Waals surface area (Å²) in [5.41, 5.74) is 0. The van der Waals surface area contributed by atoms with Crippen molar-refractivity contribution in [2.45, 2.75) is 46.0 Å². The molecule has 0 N–H and O–H groups in total. The molecule has 0 aromatic carbocycles. The van der Waals surface area contributed by atoms with E-state index in [1.807, 2.05) is 0 Å². The summed E-state index contributed by atoms with van der Waals surface area (Å²) in [5.74, 6) is 4.72. The molecule has 12 heavy (non-hydrogen) atoms. The Morgan fingerprint density at radius 3 is 2.50 bits per heavy atom. The van der Waals surface area contributed by atoms with Gasteiger partial charge in [-0.05, 0) is 29.8 Å². The summed E-state index contributed by atoms with van der Waals surface area (Å²) >= 11 is 2.15. The van der Waals surface area contributed by atoms with Crippen molar-refractivity contribution < 1.29 is 0 Å². The third kappa shape index (κ3) is 4.39. The first-order chi connectivity index (χ1) is 5.79. The highest BCUT2D eigenvalue weighted by molar-refractivity contribution is 7.99. The lowest BCUT2D eigenvalue weighted by atomic mass is 10.1. The molecule has 72 valence electrons. The van der Waals surface area contributed by atoms with Gasteiger partial charge in [-0.2, -0.15) is 11.8 Å². The molecule has 0 atom stereocenters. The Bertz CT molecular complexity index is 104. The van der Waals surface area contributed by atoms with Gasteiger partial charge in [0.25, 0.3) is 0 Å². The van der Waals surface area contributed by atoms with Gasteiger partial charge in [-0.15, -0.1) is 0 Å². The van der Waals surface area contributed by atoms with Gasteiger partial charge in [-0.25, -0.2) is 0 Å². The molecule has 0 amide bonds. The van der Waals surface area contributed by atoms with E-state index < -0.39 is 0 Å². The number of rotatable bonds is 5. The van der Waals surface area contributed by atoms with Crippen LogP contribution < -0.4 is 0 Å². The van der Waals surface area contributed by atoms with Crippen molar-refractivity contribution >= 4 is 11.8 Å². The van der Waals surface area contributed by atoms with E-state index in [0.717, 1.165) is 11.8 Å². The zero-order valence-electron chi connectivity index (χ0n) is 8.51. The Hall–Kier alpha value is 0.350. The van der Waals surface area contributed by atoms with Crippen LogP contribution in [0.2, 0.25) is 0 Å². The van der Waals surface area contributed by atoms with Crippen LogP contribution in [0.25, 0.3) is 0 Å². The van der Waals surface area contributed by atoms with Crippen molar-refractivity contribution in [3.63, 3.8) is 0 Å². The SMILES string of the molecule is CC(C)CSCCC1CCCC1. The van der Waals surface area contributed by atoms with Crippen LogP contribution in [0.1, 0.15) is 46.0 Å². The maximum absolute atomic E-state index is 2.31. The van der Waals surface area contributed by atoms with E-state index in [1.165, 1.54) is 43.6 Å². The molecule has 0 bridgehead atoms. The molecule has 0 aromatic rings. The van der Waals surface area contributed by atoms with Gasteiger partial charge in [0.2, 0.25) is 0 Å². The lowest BCUT2D eigenvalue weighted by molar-refractivity contribution is 0.535. The normalized spacial score (nSPS) is 19.2. The molecule has 1 aliphatic carbocycles. The van der Waals surface area contributed by atoms with Gasteiger partial charge >= 0.3 is 0 Å². The fraction of sp³-hybridized carbons (Fsp3) is 1.00. The van der Waals surface area contributed by atoms with Gasteiger partial charge in [0, 0.05) is 0 Å². The van der Waals surface area contributed by atoms with Crippen LogP contribution in [-0.4, -0.2) is 11.5 Å². The second kappa shape index (κ2) is 5.90. The molecule has 0 saturated heterocycles. The molecule has 0 spiro atoms. The molecule has 1 aliphatic rings. The second-order valence-electron chi connectivity index (χ2n) is 4.41. The molecule has 1 fully saturated rings. The smallest absolute Gasteiger partial charge is 0.00444 e. The van der Waals surface area contributed by atoms with Crippen LogP contribution >= 0.6 is 11.8 Å². The Kier molecular flexibility index (Phi) is 5.13. The van der Waals surface area contributed by atoms with E-state index in [0.29, 0.717) is 0 Å². The third-order valence-electron chi connectivity index (χ3n) is 2.60. The quantitative estimate of drug-likeness (QED) is 0.586. The maximum Gasteiger partial charge on any atom is -0.00444 e. The maximum atomic E-state index is 2.31. The minimum Gasteiger partial charge on any atom is -0.162 e. The predicted molar refractivity (Wildman–Crippen MR) is 58.7 cm³/mol. The largest absolute Gasteiger partial charge is 0.162 e. The van der Waals surface area contributed by atoms with Crippen molar-refractivity contribution in [3.8, 4) is 0 Å². The Labute approximate surface area is 81.5 Å². The summed E-state index contributed by atoms with van der Waals surface area (Å²) in [6.45, 7) is 4.62. The molecule has 0 aliphatic heterocycles. The van der Waals surface area contributed by atoms with E-state index >= 15 is 0 Å². The van der Waals surface area contributed by atoms with Crippen molar-refractivity contribution in [1.82, 2.24) is 0 Å². The molecular weight excluding hydrogens is 164 g/mol. The zero-order valence-corrected chi connectivity index (χ0v) is 9.33. The number of hydrogen-bond donors (Lipinski definition) is 0. The molecule has 0 unspecified atom stereocenters. The van der Waals surface area contributed by atoms with E-state index in [-0.39, 0.29) is 0 Å². The van der Waals surface area contributed by atoms with Gasteiger partial charge in [-0.1, -0.05) is 39.5 Å². The highest BCUT2D eigenvalue weighted by Gasteiger charge is 2.13. The van der Waals surface area contributed by atoms with Gasteiger partial charge < -0.3 is 0 Å². The number of thioether (sulfide) groups is 1. The summed E-state index contributed by atoms with van der Waals surface area (Å²) in [7, 11) is 0. The van der Waals surface area contributed by atoms with E-state index in [1.54, 1.807) is 0 Å². The van der Waals surface area contributed by atoms with Gasteiger partial charge in [0.1, 0.15) is 0 Å². The molecular formula is C11H22S. The van der Waals surface area contributed by atoms with Crippen LogP contribution in [0.15, 0.2) is 0 Å². The third-order valence-corrected chi connectivity index (χ3v) is 4.02. The first-order valence-electron chi connectivity index (χ1n) is 5.37. The summed E-state index contributed by atoms with van der Waals surface area (Å²) in [6.07, 6.45) is 7.51. The first kappa shape index (κ1) is 10.4. The predicted octanol–water partition coefficient (Wildman–Crippen LogP) is 3.96. The summed E-state index contributed by atoms with van der Waals surface area (Å²) in [5, 5.41) is 0. The van der Waals surface area contributed by atoms with Crippen molar-refractivity contribution in [2.24, 2.45) is 11.8 Å². The minimum atomic E-state index is 0.874. The van der Waals surface area contributed by atoms with Crippen molar-refractivity contribution in [3.05, 3.63) is 0 Å². The fourth-order valence-electron chi connectivity index (χ4n) is 1.87. The lowest BCUT2D eigenvalue weighted by Crippen LogP contribution is -1.97. The summed E-state index contributed by atoms with van der Waals surface area (Å²) in [6, 6.07) is 0. The highest BCUT2D eigenvalue weighted by Crippen LogP contribution is 2.28. The van der Waals surface area contributed by atoms with Gasteiger partial charge in [0.05, 0.1) is 0 Å². The first-order valence-corrected chi connectivity index (χ1v) is 6.52. The van der Waals surface area contributed by atoms with E-state index in [4.69, 9.17) is 0 Å². The summed E-state index contributed by atoms with van der Waals surface area (Å²) < 4.78 is 0. The number of hydrogen-bond acceptors (Lipinski definition) is 1. The van der Waals surface area contributed by atoms with E-state index in [2.05, 4.69) is 25.6 Å². The van der Waals surface area contributed by atoms with Crippen LogP contribution in [0.3, 0.4) is 0 Å². The molecule has 1 heteroatoms. The van der Waals surface area contributed by atoms with E-state index in [9.17, 15) is 0 Å². The molecule has 0 aromatic heterocycles. The van der Waals surface area contributed by atoms with Crippen molar-refractivity contribution in [1.29, 1.82) is 0 Å². The Morgan fingerprint density at radius 2 is 1.92 bits per heavy atom. The molecule has 0 nitrogen and oxygen atoms in total. The van der Waals surface area contributed by atoms with Crippen molar-refractivity contribution in [2.75, 3.05) is 11.5 Å². The highest BCUT2D eigenvalue weighted by atomic mass is 32.2. The second-order valence-corrected chi connectivity index (χ2v) is 5.56. The van der Waals surface area contributed by atoms with Crippen LogP contribution in [0, 0.1) is 11.8 Å². The average Bonchev–Trinajstić information content (AvgIpc) is 2.49.